The summed E-state index contributed by atoms with van der Waals surface area (Å²) in [5.74, 6) is 0. The minimum atomic E-state index is 0. The number of rotatable bonds is 0. The van der Waals surface area contributed by atoms with Gasteiger partial charge < -0.3 is 36.4 Å². The Bertz CT molecular complexity index is 8.00. The smallest absolute Gasteiger partial charge is 1.00 e. The Labute approximate surface area is 83.4 Å². The van der Waals surface area contributed by atoms with E-state index >= 15 is 0 Å². The van der Waals surface area contributed by atoms with E-state index in [1.807, 2.05) is 0 Å². The second-order valence-corrected chi connectivity index (χ2v) is 0. The standard InChI is InChI=1S/ClH.HI.Li.Na/h2*1H;;/q;;2*+1/p-2. The minimum absolute atomic E-state index is 0. The summed E-state index contributed by atoms with van der Waals surface area (Å²) in [5, 5.41) is 0. The molecule has 4 heavy (non-hydrogen) atoms. The van der Waals surface area contributed by atoms with Crippen molar-refractivity contribution in [1.82, 2.24) is 0 Å². The van der Waals surface area contributed by atoms with Crippen molar-refractivity contribution in [3.63, 3.8) is 0 Å². The second-order valence-electron chi connectivity index (χ2n) is 0. The van der Waals surface area contributed by atoms with Crippen LogP contribution in [0.5, 0.6) is 0 Å². The first kappa shape index (κ1) is 30.5. The van der Waals surface area contributed by atoms with E-state index in [1.165, 1.54) is 0 Å². The van der Waals surface area contributed by atoms with E-state index < -0.39 is 0 Å². The number of hydrogen-bond donors (Lipinski definition) is 0. The minimum Gasteiger partial charge on any atom is -1.00 e. The summed E-state index contributed by atoms with van der Waals surface area (Å²) in [6.45, 7) is 0. The quantitative estimate of drug-likeness (QED) is 0.264. The van der Waals surface area contributed by atoms with E-state index in [0.717, 1.165) is 0 Å². The van der Waals surface area contributed by atoms with Gasteiger partial charge >= 0.3 is 48.4 Å². The molecule has 0 atom stereocenters. The van der Waals surface area contributed by atoms with Gasteiger partial charge in [-0.25, -0.2) is 0 Å². The van der Waals surface area contributed by atoms with Gasteiger partial charge in [0, 0.05) is 0 Å². The van der Waals surface area contributed by atoms with Crippen LogP contribution in [0.2, 0.25) is 0 Å². The third-order valence-corrected chi connectivity index (χ3v) is 0. The van der Waals surface area contributed by atoms with Gasteiger partial charge in [0.25, 0.3) is 0 Å². The van der Waals surface area contributed by atoms with Crippen molar-refractivity contribution >= 4 is 0 Å². The first-order valence-electron chi connectivity index (χ1n) is 0. The van der Waals surface area contributed by atoms with Crippen LogP contribution >= 0.6 is 0 Å². The molecule has 0 aliphatic rings. The van der Waals surface area contributed by atoms with Gasteiger partial charge in [0.1, 0.15) is 0 Å². The van der Waals surface area contributed by atoms with Crippen molar-refractivity contribution in [2.45, 2.75) is 0 Å². The van der Waals surface area contributed by atoms with E-state index in [9.17, 15) is 0 Å². The molecule has 0 aromatic rings. The van der Waals surface area contributed by atoms with Gasteiger partial charge in [-0.05, 0) is 0 Å². The van der Waals surface area contributed by atoms with Crippen LogP contribution in [0.3, 0.4) is 0 Å². The molecule has 0 aliphatic heterocycles. The molecule has 0 aliphatic carbocycles. The van der Waals surface area contributed by atoms with E-state index in [2.05, 4.69) is 0 Å². The molecule has 16 valence electrons. The fourth-order valence-electron chi connectivity index (χ4n) is 0. The molecule has 4 heteroatoms. The molecular weight excluding hydrogens is 192 g/mol. The van der Waals surface area contributed by atoms with Crippen LogP contribution in [0.1, 0.15) is 0 Å². The van der Waals surface area contributed by atoms with Crippen LogP contribution in [-0.2, 0) is 0 Å². The Hall–Kier alpha value is 2.62. The van der Waals surface area contributed by atoms with Crippen LogP contribution in [-0.4, -0.2) is 0 Å². The summed E-state index contributed by atoms with van der Waals surface area (Å²) >= 11 is 0. The molecule has 0 aromatic heterocycles. The molecule has 0 rings (SSSR count). The Morgan fingerprint density at radius 3 is 1.00 bits per heavy atom. The fraction of sp³-hybridized carbons (Fsp3) is 0. The molecule has 0 radical (unpaired) electrons. The largest absolute Gasteiger partial charge is 1.00 e. The van der Waals surface area contributed by atoms with Gasteiger partial charge in [0.2, 0.25) is 0 Å². The maximum absolute atomic E-state index is 0. The van der Waals surface area contributed by atoms with Gasteiger partial charge in [-0.3, -0.25) is 0 Å². The van der Waals surface area contributed by atoms with Crippen LogP contribution in [0, 0.1) is 0 Å². The molecule has 0 bridgehead atoms. The maximum Gasteiger partial charge on any atom is 1.00 e. The average Bonchev–Trinajstić information content (AvgIpc) is 0. The maximum atomic E-state index is 0. The summed E-state index contributed by atoms with van der Waals surface area (Å²) in [6, 6.07) is 0. The molecule has 0 saturated heterocycles. The summed E-state index contributed by atoms with van der Waals surface area (Å²) in [5.41, 5.74) is 0. The first-order valence-corrected chi connectivity index (χ1v) is 0. The number of hydrogen-bond acceptors (Lipinski definition) is 0. The third-order valence-electron chi connectivity index (χ3n) is 0. The zero-order valence-corrected chi connectivity index (χ0v) is 7.67. The van der Waals surface area contributed by atoms with Gasteiger partial charge in [0.05, 0.1) is 0 Å². The zero-order chi connectivity index (χ0) is 0. The summed E-state index contributed by atoms with van der Waals surface area (Å²) in [7, 11) is 0. The number of halogens is 2. The zero-order valence-electron chi connectivity index (χ0n) is 2.76. The molecule has 0 heterocycles. The molecule has 0 amide bonds. The Kier molecular flexibility index (Phi) is 133. The monoisotopic (exact) mass is 192 g/mol. The molecule has 0 aromatic carbocycles. The molecule has 0 saturated carbocycles. The van der Waals surface area contributed by atoms with Gasteiger partial charge in [-0.15, -0.1) is 0 Å². The second kappa shape index (κ2) is 17.5. The summed E-state index contributed by atoms with van der Waals surface area (Å²) < 4.78 is 0. The van der Waals surface area contributed by atoms with Crippen molar-refractivity contribution in [3.05, 3.63) is 0 Å². The van der Waals surface area contributed by atoms with E-state index in [1.54, 1.807) is 0 Å². The molecule has 0 nitrogen and oxygen atoms in total. The Balaban J connectivity index is 0. The summed E-state index contributed by atoms with van der Waals surface area (Å²) in [4.78, 5) is 0. The van der Waals surface area contributed by atoms with Gasteiger partial charge in [-0.2, -0.15) is 0 Å². The molecular formula is ClILiNa. The van der Waals surface area contributed by atoms with E-state index in [0.29, 0.717) is 0 Å². The van der Waals surface area contributed by atoms with Crippen LogP contribution in [0.15, 0.2) is 0 Å². The van der Waals surface area contributed by atoms with E-state index in [-0.39, 0.29) is 84.8 Å². The SMILES string of the molecule is [Cl-].[I-].[Li+].[Na+]. The summed E-state index contributed by atoms with van der Waals surface area (Å²) in [6.07, 6.45) is 0. The van der Waals surface area contributed by atoms with Crippen molar-refractivity contribution < 1.29 is 84.8 Å². The predicted octanol–water partition coefficient (Wildman–Crippen LogP) is -12.0. The Morgan fingerprint density at radius 2 is 1.00 bits per heavy atom. The van der Waals surface area contributed by atoms with Crippen LogP contribution < -0.4 is 84.8 Å². The first-order chi connectivity index (χ1) is 0. The average molecular weight is 192 g/mol. The van der Waals surface area contributed by atoms with Crippen molar-refractivity contribution in [2.75, 3.05) is 0 Å². The molecule has 0 fully saturated rings. The van der Waals surface area contributed by atoms with Crippen LogP contribution in [0.25, 0.3) is 0 Å². The topological polar surface area (TPSA) is 0 Å². The fourth-order valence-corrected chi connectivity index (χ4v) is 0. The third kappa shape index (κ3) is 8.82. The van der Waals surface area contributed by atoms with Crippen LogP contribution in [0.4, 0.5) is 0 Å². The van der Waals surface area contributed by atoms with Gasteiger partial charge in [-0.1, -0.05) is 0 Å². The van der Waals surface area contributed by atoms with E-state index in [4.69, 9.17) is 0 Å². The van der Waals surface area contributed by atoms with Gasteiger partial charge in [0.15, 0.2) is 0 Å². The molecule has 0 spiro atoms. The normalized spacial score (nSPS) is 0. The molecule has 0 unspecified atom stereocenters. The van der Waals surface area contributed by atoms with Crippen molar-refractivity contribution in [1.29, 1.82) is 0 Å². The van der Waals surface area contributed by atoms with Crippen molar-refractivity contribution in [3.8, 4) is 0 Å². The Morgan fingerprint density at radius 1 is 1.00 bits per heavy atom. The molecule has 0 N–H and O–H groups in total. The van der Waals surface area contributed by atoms with Crippen molar-refractivity contribution in [2.24, 2.45) is 0 Å². The predicted molar refractivity (Wildman–Crippen MR) is 0 cm³/mol.